The van der Waals surface area contributed by atoms with Crippen LogP contribution in [0.4, 0.5) is 0 Å². The molecule has 0 bridgehead atoms. The third kappa shape index (κ3) is 20.0. The molecule has 0 heteroatoms. The molecule has 0 nitrogen and oxygen atoms in total. The van der Waals surface area contributed by atoms with E-state index >= 15 is 0 Å². The topological polar surface area (TPSA) is 0 Å². The molecular formula is C30H52. The molecule has 0 saturated heterocycles. The molecule has 30 heavy (non-hydrogen) atoms. The smallest absolute Gasteiger partial charge is 0.0288 e. The first-order valence-electron chi connectivity index (χ1n) is 12.5. The van der Waals surface area contributed by atoms with Crippen molar-refractivity contribution in [3.63, 3.8) is 0 Å². The van der Waals surface area contributed by atoms with E-state index in [1.807, 2.05) is 0 Å². The Labute approximate surface area is 190 Å². The zero-order valence-corrected chi connectivity index (χ0v) is 21.7. The molecule has 172 valence electrons. The third-order valence-electron chi connectivity index (χ3n) is 5.66. The van der Waals surface area contributed by atoms with Gasteiger partial charge in [0, 0.05) is 0 Å². The van der Waals surface area contributed by atoms with Gasteiger partial charge in [-0.25, -0.2) is 0 Å². The molecule has 0 amide bonds. The van der Waals surface area contributed by atoms with E-state index in [4.69, 9.17) is 0 Å². The van der Waals surface area contributed by atoms with Gasteiger partial charge in [-0.3, -0.25) is 0 Å². The van der Waals surface area contributed by atoms with Crippen molar-refractivity contribution in [1.82, 2.24) is 0 Å². The number of rotatable bonds is 16. The van der Waals surface area contributed by atoms with Gasteiger partial charge in [-0.05, 0) is 112 Å². The van der Waals surface area contributed by atoms with E-state index < -0.39 is 0 Å². The van der Waals surface area contributed by atoms with E-state index in [-0.39, 0.29) is 0 Å². The Bertz CT molecular complexity index is 586. The Balaban J connectivity index is 4.01. The fourth-order valence-electron chi connectivity index (χ4n) is 3.54. The molecule has 0 aromatic carbocycles. The number of unbranched alkanes of at least 4 members (excludes halogenated alkanes) is 1. The Morgan fingerprint density at radius 1 is 0.500 bits per heavy atom. The Morgan fingerprint density at radius 2 is 0.867 bits per heavy atom. The summed E-state index contributed by atoms with van der Waals surface area (Å²) in [6.07, 6.45) is 25.6. The van der Waals surface area contributed by atoms with Crippen LogP contribution in [0, 0.1) is 5.92 Å². The van der Waals surface area contributed by atoms with E-state index in [1.165, 1.54) is 87.3 Å². The first-order valence-corrected chi connectivity index (χ1v) is 12.5. The lowest BCUT2D eigenvalue weighted by atomic mass is 10.0. The summed E-state index contributed by atoms with van der Waals surface area (Å²) in [6, 6.07) is 0. The Hall–Kier alpha value is -1.30. The van der Waals surface area contributed by atoms with Crippen molar-refractivity contribution in [2.75, 3.05) is 0 Å². The average Bonchev–Trinajstić information content (AvgIpc) is 2.64. The van der Waals surface area contributed by atoms with Gasteiger partial charge >= 0.3 is 0 Å². The molecule has 0 aromatic heterocycles. The second-order valence-corrected chi connectivity index (χ2v) is 9.96. The predicted octanol–water partition coefficient (Wildman–Crippen LogP) is 10.7. The van der Waals surface area contributed by atoms with Crippen LogP contribution in [-0.4, -0.2) is 0 Å². The van der Waals surface area contributed by atoms with E-state index in [0.717, 1.165) is 5.92 Å². The number of hydrogen-bond donors (Lipinski definition) is 0. The van der Waals surface area contributed by atoms with Crippen molar-refractivity contribution in [2.24, 2.45) is 5.92 Å². The largest absolute Gasteiger partial charge is 0.0856 e. The van der Waals surface area contributed by atoms with Crippen LogP contribution in [0.3, 0.4) is 0 Å². The van der Waals surface area contributed by atoms with Gasteiger partial charge < -0.3 is 0 Å². The van der Waals surface area contributed by atoms with Crippen molar-refractivity contribution in [2.45, 2.75) is 126 Å². The molecule has 0 aromatic rings. The SMILES string of the molecule is CC(C)=CCC/C(C)=C/CC/C(C)=C/CC/C=C(\C)CC/C=C(/C)CCCC(C)C. The molecule has 0 unspecified atom stereocenters. The van der Waals surface area contributed by atoms with Gasteiger partial charge in [-0.1, -0.05) is 78.5 Å². The molecule has 0 N–H and O–H groups in total. The van der Waals surface area contributed by atoms with Gasteiger partial charge in [0.15, 0.2) is 0 Å². The highest BCUT2D eigenvalue weighted by Gasteiger charge is 1.96. The van der Waals surface area contributed by atoms with Crippen LogP contribution >= 0.6 is 0 Å². The van der Waals surface area contributed by atoms with Gasteiger partial charge in [0.25, 0.3) is 0 Å². The molecular weight excluding hydrogens is 360 g/mol. The van der Waals surface area contributed by atoms with Crippen molar-refractivity contribution in [3.8, 4) is 0 Å². The summed E-state index contributed by atoms with van der Waals surface area (Å²) < 4.78 is 0. The molecule has 0 spiro atoms. The molecule has 0 rings (SSSR count). The van der Waals surface area contributed by atoms with Crippen LogP contribution in [0.5, 0.6) is 0 Å². The molecule has 0 aliphatic carbocycles. The molecule has 0 fully saturated rings. The lowest BCUT2D eigenvalue weighted by molar-refractivity contribution is 0.554. The molecule has 0 atom stereocenters. The average molecular weight is 413 g/mol. The summed E-state index contributed by atoms with van der Waals surface area (Å²) in [6.45, 7) is 18.1. The van der Waals surface area contributed by atoms with Gasteiger partial charge in [0.05, 0.1) is 0 Å². The fourth-order valence-corrected chi connectivity index (χ4v) is 3.54. The van der Waals surface area contributed by atoms with E-state index in [9.17, 15) is 0 Å². The third-order valence-corrected chi connectivity index (χ3v) is 5.66. The minimum absolute atomic E-state index is 0.832. The van der Waals surface area contributed by atoms with Crippen molar-refractivity contribution in [1.29, 1.82) is 0 Å². The van der Waals surface area contributed by atoms with Crippen LogP contribution in [-0.2, 0) is 0 Å². The minimum Gasteiger partial charge on any atom is -0.0856 e. The first kappa shape index (κ1) is 28.7. The van der Waals surface area contributed by atoms with Crippen molar-refractivity contribution in [3.05, 3.63) is 58.2 Å². The van der Waals surface area contributed by atoms with Crippen LogP contribution in [0.25, 0.3) is 0 Å². The fraction of sp³-hybridized carbons (Fsp3) is 0.667. The summed E-state index contributed by atoms with van der Waals surface area (Å²) in [5.41, 5.74) is 7.61. The lowest BCUT2D eigenvalue weighted by Gasteiger charge is -2.05. The van der Waals surface area contributed by atoms with Crippen LogP contribution in [0.1, 0.15) is 126 Å². The molecule has 0 aliphatic rings. The molecule has 0 aliphatic heterocycles. The second kappa shape index (κ2) is 18.5. The highest BCUT2D eigenvalue weighted by Crippen LogP contribution is 2.15. The standard InChI is InChI=1S/C30H52/c1-25(2)15-11-19-29(7)23-13-21-27(5)17-9-10-18-28(6)22-14-24-30(8)20-12-16-26(3)4/h15,17-18,23-24,26H,9-14,16,19-22H2,1-8H3/b27-17+,28-18+,29-23+,30-24-. The van der Waals surface area contributed by atoms with Gasteiger partial charge in [0.2, 0.25) is 0 Å². The Kier molecular flexibility index (Phi) is 17.7. The summed E-state index contributed by atoms with van der Waals surface area (Å²) in [5.74, 6) is 0.832. The van der Waals surface area contributed by atoms with Gasteiger partial charge in [-0.2, -0.15) is 0 Å². The summed E-state index contributed by atoms with van der Waals surface area (Å²) in [7, 11) is 0. The zero-order chi connectivity index (χ0) is 22.8. The molecule has 0 radical (unpaired) electrons. The maximum absolute atomic E-state index is 2.46. The lowest BCUT2D eigenvalue weighted by Crippen LogP contribution is -1.87. The van der Waals surface area contributed by atoms with Crippen LogP contribution in [0.15, 0.2) is 58.2 Å². The Morgan fingerprint density at radius 3 is 1.27 bits per heavy atom. The summed E-state index contributed by atoms with van der Waals surface area (Å²) >= 11 is 0. The first-order chi connectivity index (χ1) is 14.2. The van der Waals surface area contributed by atoms with E-state index in [2.05, 4.69) is 85.8 Å². The zero-order valence-electron chi connectivity index (χ0n) is 21.7. The van der Waals surface area contributed by atoms with Crippen molar-refractivity contribution < 1.29 is 0 Å². The maximum atomic E-state index is 2.46. The van der Waals surface area contributed by atoms with Gasteiger partial charge in [0.1, 0.15) is 0 Å². The normalized spacial score (nSPS) is 13.9. The highest BCUT2D eigenvalue weighted by atomic mass is 14.0. The van der Waals surface area contributed by atoms with E-state index in [0.29, 0.717) is 0 Å². The monoisotopic (exact) mass is 412 g/mol. The second-order valence-electron chi connectivity index (χ2n) is 9.96. The van der Waals surface area contributed by atoms with Crippen LogP contribution in [0.2, 0.25) is 0 Å². The maximum Gasteiger partial charge on any atom is -0.0288 e. The van der Waals surface area contributed by atoms with Crippen molar-refractivity contribution >= 4 is 0 Å². The van der Waals surface area contributed by atoms with Crippen LogP contribution < -0.4 is 0 Å². The molecule has 0 heterocycles. The highest BCUT2D eigenvalue weighted by molar-refractivity contribution is 5.07. The predicted molar refractivity (Wildman–Crippen MR) is 140 cm³/mol. The quantitative estimate of drug-likeness (QED) is 0.175. The summed E-state index contributed by atoms with van der Waals surface area (Å²) in [4.78, 5) is 0. The number of allylic oxidation sites excluding steroid dienone is 10. The molecule has 0 saturated carbocycles. The van der Waals surface area contributed by atoms with Gasteiger partial charge in [-0.15, -0.1) is 0 Å². The minimum atomic E-state index is 0.832. The number of hydrogen-bond acceptors (Lipinski definition) is 0. The van der Waals surface area contributed by atoms with E-state index in [1.54, 1.807) is 11.1 Å². The summed E-state index contributed by atoms with van der Waals surface area (Å²) in [5, 5.41) is 0.